The molecular weight excluding hydrogens is 468 g/mol. The number of amides is 2. The Morgan fingerprint density at radius 2 is 1.69 bits per heavy atom. The van der Waals surface area contributed by atoms with Crippen LogP contribution in [-0.2, 0) is 14.8 Å². The molecule has 0 saturated carbocycles. The van der Waals surface area contributed by atoms with Gasteiger partial charge in [0.05, 0.1) is 24.2 Å². The number of aromatic nitrogens is 1. The topological polar surface area (TPSA) is 109 Å². The first-order valence-corrected chi connectivity index (χ1v) is 12.9. The largest absolute Gasteiger partial charge is 0.450 e. The van der Waals surface area contributed by atoms with E-state index >= 15 is 0 Å². The second kappa shape index (κ2) is 9.91. The van der Waals surface area contributed by atoms with E-state index in [0.29, 0.717) is 36.5 Å². The van der Waals surface area contributed by atoms with Gasteiger partial charge in [-0.25, -0.2) is 13.2 Å². The minimum atomic E-state index is -3.88. The fourth-order valence-corrected chi connectivity index (χ4v) is 5.65. The Balaban J connectivity index is 1.47. The summed E-state index contributed by atoms with van der Waals surface area (Å²) in [5.74, 6) is -0.181. The summed E-state index contributed by atoms with van der Waals surface area (Å²) < 4.78 is 33.7. The fourth-order valence-electron chi connectivity index (χ4n) is 4.41. The molecule has 2 atom stereocenters. The van der Waals surface area contributed by atoms with Crippen LogP contribution in [0.1, 0.15) is 31.1 Å². The molecule has 9 nitrogen and oxygen atoms in total. The molecule has 1 aliphatic rings. The Hall–Kier alpha value is -3.66. The van der Waals surface area contributed by atoms with Gasteiger partial charge in [0.25, 0.3) is 15.9 Å². The molecule has 2 amide bonds. The summed E-state index contributed by atoms with van der Waals surface area (Å²) >= 11 is 0. The molecule has 184 valence electrons. The van der Waals surface area contributed by atoms with Gasteiger partial charge in [-0.05, 0) is 57.2 Å². The predicted molar refractivity (Wildman–Crippen MR) is 133 cm³/mol. The van der Waals surface area contributed by atoms with Crippen molar-refractivity contribution in [3.05, 3.63) is 66.4 Å². The molecule has 4 rings (SSSR count). The maximum atomic E-state index is 13.1. The molecule has 2 heterocycles. The number of ether oxygens (including phenoxy) is 1. The molecule has 1 saturated heterocycles. The fraction of sp³-hybridized carbons (Fsp3) is 0.320. The minimum Gasteiger partial charge on any atom is -0.450 e. The van der Waals surface area contributed by atoms with Crippen LogP contribution in [-0.4, -0.2) is 67.0 Å². The first kappa shape index (κ1) is 24.5. The quantitative estimate of drug-likeness (QED) is 0.577. The summed E-state index contributed by atoms with van der Waals surface area (Å²) in [6.07, 6.45) is 1.17. The third kappa shape index (κ3) is 5.07. The highest BCUT2D eigenvalue weighted by molar-refractivity contribution is 7.93. The number of hydrogen-bond acceptors (Lipinski definition) is 6. The summed E-state index contributed by atoms with van der Waals surface area (Å²) in [6, 6.07) is 14.5. The van der Waals surface area contributed by atoms with Crippen molar-refractivity contribution in [2.24, 2.45) is 0 Å². The number of sulfonamides is 1. The average Bonchev–Trinajstić information content (AvgIpc) is 2.83. The number of carbonyl (C=O) groups excluding carboxylic acids is 2. The Morgan fingerprint density at radius 3 is 2.34 bits per heavy atom. The van der Waals surface area contributed by atoms with E-state index in [-0.39, 0.29) is 29.0 Å². The van der Waals surface area contributed by atoms with E-state index in [1.54, 1.807) is 71.5 Å². The van der Waals surface area contributed by atoms with Gasteiger partial charge in [0.1, 0.15) is 4.90 Å². The van der Waals surface area contributed by atoms with E-state index < -0.39 is 10.0 Å². The number of nitrogens with zero attached hydrogens (tertiary/aromatic N) is 3. The van der Waals surface area contributed by atoms with Crippen molar-refractivity contribution in [3.8, 4) is 0 Å². The van der Waals surface area contributed by atoms with Crippen LogP contribution >= 0.6 is 0 Å². The molecule has 2 aromatic carbocycles. The SMILES string of the molecule is CCOC(=O)N1C(C)CN(C(=O)c2ccc(NS(=O)(=O)c3cccc4cccnc34)cc2)CC1C. The standard InChI is InChI=1S/C25H28N4O5S/c1-4-34-25(31)29-17(2)15-28(16-18(29)3)24(30)20-10-12-21(13-11-20)27-35(32,33)22-9-5-7-19-8-6-14-26-23(19)22/h5-14,17-18,27H,4,15-16H2,1-3H3. The van der Waals surface area contributed by atoms with Gasteiger partial charge in [0, 0.05) is 35.9 Å². The van der Waals surface area contributed by atoms with Gasteiger partial charge in [-0.1, -0.05) is 18.2 Å². The van der Waals surface area contributed by atoms with Gasteiger partial charge >= 0.3 is 6.09 Å². The first-order chi connectivity index (χ1) is 16.7. The number of pyridine rings is 1. The summed E-state index contributed by atoms with van der Waals surface area (Å²) in [6.45, 7) is 6.58. The van der Waals surface area contributed by atoms with Gasteiger partial charge in [0.2, 0.25) is 0 Å². The molecule has 3 aromatic rings. The predicted octanol–water partition coefficient (Wildman–Crippen LogP) is 3.73. The lowest BCUT2D eigenvalue weighted by Gasteiger charge is -2.43. The molecule has 0 radical (unpaired) electrons. The Bertz CT molecular complexity index is 1330. The Kier molecular flexibility index (Phi) is 6.93. The maximum absolute atomic E-state index is 13.1. The molecule has 35 heavy (non-hydrogen) atoms. The van der Waals surface area contributed by atoms with Gasteiger partial charge < -0.3 is 9.64 Å². The second-order valence-electron chi connectivity index (χ2n) is 8.53. The minimum absolute atomic E-state index is 0.0817. The molecule has 1 N–H and O–H groups in total. The number of carbonyl (C=O) groups is 2. The second-order valence-corrected chi connectivity index (χ2v) is 10.2. The van der Waals surface area contributed by atoms with Crippen LogP contribution in [0.3, 0.4) is 0 Å². The van der Waals surface area contributed by atoms with Crippen LogP contribution in [0.2, 0.25) is 0 Å². The van der Waals surface area contributed by atoms with Gasteiger partial charge in [-0.15, -0.1) is 0 Å². The molecule has 1 aromatic heterocycles. The average molecular weight is 497 g/mol. The molecule has 0 aliphatic carbocycles. The number of para-hydroxylation sites is 1. The Labute approximate surface area is 204 Å². The van der Waals surface area contributed by atoms with E-state index in [0.717, 1.165) is 5.39 Å². The van der Waals surface area contributed by atoms with Crippen molar-refractivity contribution in [1.82, 2.24) is 14.8 Å². The number of rotatable bonds is 5. The third-order valence-corrected chi connectivity index (χ3v) is 7.37. The van der Waals surface area contributed by atoms with E-state index in [1.807, 2.05) is 13.8 Å². The van der Waals surface area contributed by atoms with Crippen LogP contribution in [0.25, 0.3) is 10.9 Å². The Morgan fingerprint density at radius 1 is 1.03 bits per heavy atom. The smallest absolute Gasteiger partial charge is 0.410 e. The number of fused-ring (bicyclic) bond motifs is 1. The summed E-state index contributed by atoms with van der Waals surface area (Å²) in [4.78, 5) is 33.0. The number of piperazine rings is 1. The van der Waals surface area contributed by atoms with Crippen molar-refractivity contribution in [3.63, 3.8) is 0 Å². The third-order valence-electron chi connectivity index (χ3n) is 5.95. The van der Waals surface area contributed by atoms with Crippen molar-refractivity contribution in [2.75, 3.05) is 24.4 Å². The zero-order valence-electron chi connectivity index (χ0n) is 19.8. The van der Waals surface area contributed by atoms with Crippen molar-refractivity contribution in [1.29, 1.82) is 0 Å². The van der Waals surface area contributed by atoms with Crippen molar-refractivity contribution in [2.45, 2.75) is 37.8 Å². The molecule has 0 spiro atoms. The highest BCUT2D eigenvalue weighted by Crippen LogP contribution is 2.24. The molecule has 1 aliphatic heterocycles. The molecule has 1 fully saturated rings. The van der Waals surface area contributed by atoms with Gasteiger partial charge in [-0.2, -0.15) is 0 Å². The van der Waals surface area contributed by atoms with Crippen LogP contribution < -0.4 is 4.72 Å². The van der Waals surface area contributed by atoms with E-state index in [1.165, 1.54) is 6.07 Å². The molecule has 2 unspecified atom stereocenters. The van der Waals surface area contributed by atoms with Gasteiger partial charge in [0.15, 0.2) is 0 Å². The summed E-state index contributed by atoms with van der Waals surface area (Å²) in [5.41, 5.74) is 1.16. The van der Waals surface area contributed by atoms with Crippen LogP contribution in [0.5, 0.6) is 0 Å². The zero-order chi connectivity index (χ0) is 25.2. The van der Waals surface area contributed by atoms with E-state index in [2.05, 4.69) is 9.71 Å². The number of benzene rings is 2. The lowest BCUT2D eigenvalue weighted by atomic mass is 10.1. The number of anilines is 1. The first-order valence-electron chi connectivity index (χ1n) is 11.4. The summed E-state index contributed by atoms with van der Waals surface area (Å²) in [7, 11) is -3.88. The normalized spacial score (nSPS) is 18.4. The molecule has 0 bridgehead atoms. The van der Waals surface area contributed by atoms with Crippen LogP contribution in [0, 0.1) is 0 Å². The number of nitrogens with one attached hydrogen (secondary N) is 1. The van der Waals surface area contributed by atoms with Gasteiger partial charge in [-0.3, -0.25) is 19.4 Å². The monoisotopic (exact) mass is 496 g/mol. The van der Waals surface area contributed by atoms with E-state index in [9.17, 15) is 18.0 Å². The molecule has 10 heteroatoms. The highest BCUT2D eigenvalue weighted by atomic mass is 32.2. The maximum Gasteiger partial charge on any atom is 0.410 e. The lowest BCUT2D eigenvalue weighted by molar-refractivity contribution is 0.0228. The van der Waals surface area contributed by atoms with Crippen LogP contribution in [0.15, 0.2) is 65.7 Å². The zero-order valence-corrected chi connectivity index (χ0v) is 20.7. The highest BCUT2D eigenvalue weighted by Gasteiger charge is 2.35. The van der Waals surface area contributed by atoms with Crippen molar-refractivity contribution < 1.29 is 22.7 Å². The molecular formula is C25H28N4O5S. The number of hydrogen-bond donors (Lipinski definition) is 1. The lowest BCUT2D eigenvalue weighted by Crippen LogP contribution is -2.59. The van der Waals surface area contributed by atoms with Crippen LogP contribution in [0.4, 0.5) is 10.5 Å². The van der Waals surface area contributed by atoms with E-state index in [4.69, 9.17) is 4.74 Å². The van der Waals surface area contributed by atoms with Crippen molar-refractivity contribution >= 4 is 38.6 Å². The summed E-state index contributed by atoms with van der Waals surface area (Å²) in [5, 5.41) is 0.725.